The fourth-order valence-electron chi connectivity index (χ4n) is 5.33. The third-order valence-corrected chi connectivity index (χ3v) is 6.92. The van der Waals surface area contributed by atoms with Crippen molar-refractivity contribution in [1.29, 1.82) is 0 Å². The molecule has 1 unspecified atom stereocenters. The Labute approximate surface area is 170 Å². The lowest BCUT2D eigenvalue weighted by Gasteiger charge is -2.45. The molecule has 3 aliphatic heterocycles. The van der Waals surface area contributed by atoms with E-state index in [-0.39, 0.29) is 17.4 Å². The molecular weight excluding hydrogens is 370 g/mol. The monoisotopic (exact) mass is 399 g/mol. The number of aryl methyl sites for hydroxylation is 2. The highest BCUT2D eigenvalue weighted by molar-refractivity contribution is 5.80. The van der Waals surface area contributed by atoms with Crippen molar-refractivity contribution in [3.63, 3.8) is 0 Å². The predicted molar refractivity (Wildman–Crippen MR) is 105 cm³/mol. The molecule has 2 aromatic rings. The summed E-state index contributed by atoms with van der Waals surface area (Å²) in [5.74, 6) is 0.218. The molecule has 1 amide bonds. The number of aromatic nitrogens is 3. The molecule has 5 rings (SSSR count). The number of imidazole rings is 1. The lowest BCUT2D eigenvalue weighted by atomic mass is 9.84. The van der Waals surface area contributed by atoms with E-state index in [4.69, 9.17) is 14.2 Å². The van der Waals surface area contributed by atoms with Crippen LogP contribution in [-0.2, 0) is 41.5 Å². The summed E-state index contributed by atoms with van der Waals surface area (Å²) in [5, 5.41) is 4.12. The van der Waals surface area contributed by atoms with E-state index in [2.05, 4.69) is 33.5 Å². The zero-order valence-electron chi connectivity index (χ0n) is 17.3. The fraction of sp³-hybridized carbons (Fsp3) is 0.667. The zero-order chi connectivity index (χ0) is 20.0. The van der Waals surface area contributed by atoms with Crippen LogP contribution in [0.4, 0.5) is 0 Å². The van der Waals surface area contributed by atoms with E-state index in [1.54, 1.807) is 6.26 Å². The minimum absolute atomic E-state index is 0.0176. The summed E-state index contributed by atoms with van der Waals surface area (Å²) in [6.45, 7) is 6.60. The van der Waals surface area contributed by atoms with E-state index >= 15 is 0 Å². The third kappa shape index (κ3) is 3.00. The normalized spacial score (nSPS) is 27.1. The summed E-state index contributed by atoms with van der Waals surface area (Å²) in [5.41, 5.74) is 4.16. The summed E-state index contributed by atoms with van der Waals surface area (Å²) in [6, 6.07) is 0. The highest BCUT2D eigenvalue weighted by Crippen LogP contribution is 2.43. The third-order valence-electron chi connectivity index (χ3n) is 6.92. The number of rotatable bonds is 4. The molecule has 0 radical (unpaired) electrons. The number of ether oxygens (including phenoxy) is 1. The largest absolute Gasteiger partial charge is 0.381 e. The van der Waals surface area contributed by atoms with Gasteiger partial charge in [0.05, 0.1) is 30.2 Å². The van der Waals surface area contributed by atoms with Crippen molar-refractivity contribution >= 4 is 5.91 Å². The Morgan fingerprint density at radius 2 is 2.28 bits per heavy atom. The SMILES string of the molecule is CCc1nocc1CN1CCC2(C1)c1ncn(C)c1CCN2C(=O)[C@@H]1CCOC1. The first-order valence-corrected chi connectivity index (χ1v) is 10.7. The maximum Gasteiger partial charge on any atom is 0.228 e. The number of hydrogen-bond donors (Lipinski definition) is 0. The molecule has 3 aliphatic rings. The van der Waals surface area contributed by atoms with Crippen LogP contribution < -0.4 is 0 Å². The minimum Gasteiger partial charge on any atom is -0.381 e. The van der Waals surface area contributed by atoms with Gasteiger partial charge in [0.25, 0.3) is 0 Å². The van der Waals surface area contributed by atoms with Crippen molar-refractivity contribution in [1.82, 2.24) is 24.5 Å². The van der Waals surface area contributed by atoms with Gasteiger partial charge in [-0.15, -0.1) is 0 Å². The van der Waals surface area contributed by atoms with E-state index in [0.29, 0.717) is 13.2 Å². The van der Waals surface area contributed by atoms with Gasteiger partial charge in [0.1, 0.15) is 11.8 Å². The van der Waals surface area contributed by atoms with Crippen molar-refractivity contribution in [3.8, 4) is 0 Å². The van der Waals surface area contributed by atoms with Gasteiger partial charge < -0.3 is 18.7 Å². The maximum atomic E-state index is 13.5. The van der Waals surface area contributed by atoms with Gasteiger partial charge in [-0.25, -0.2) is 4.98 Å². The second-order valence-electron chi connectivity index (χ2n) is 8.58. The van der Waals surface area contributed by atoms with Crippen LogP contribution in [0.25, 0.3) is 0 Å². The van der Waals surface area contributed by atoms with Gasteiger partial charge in [-0.3, -0.25) is 9.69 Å². The molecule has 0 bridgehead atoms. The Morgan fingerprint density at radius 3 is 3.07 bits per heavy atom. The lowest BCUT2D eigenvalue weighted by molar-refractivity contribution is -0.143. The first-order valence-electron chi connectivity index (χ1n) is 10.7. The number of nitrogens with zero attached hydrogens (tertiary/aromatic N) is 5. The highest BCUT2D eigenvalue weighted by atomic mass is 16.5. The Hall–Kier alpha value is -2.19. The van der Waals surface area contributed by atoms with Gasteiger partial charge >= 0.3 is 0 Å². The van der Waals surface area contributed by atoms with Crippen molar-refractivity contribution in [2.75, 3.05) is 32.8 Å². The number of likely N-dealkylation sites (tertiary alicyclic amines) is 1. The lowest BCUT2D eigenvalue weighted by Crippen LogP contribution is -2.56. The molecule has 0 aliphatic carbocycles. The molecule has 0 aromatic carbocycles. The molecule has 8 heteroatoms. The summed E-state index contributed by atoms with van der Waals surface area (Å²) in [7, 11) is 2.05. The van der Waals surface area contributed by atoms with Crippen LogP contribution in [0, 0.1) is 5.92 Å². The van der Waals surface area contributed by atoms with Gasteiger partial charge in [0, 0.05) is 57.5 Å². The average molecular weight is 399 g/mol. The molecule has 2 fully saturated rings. The molecule has 8 nitrogen and oxygen atoms in total. The van der Waals surface area contributed by atoms with Crippen LogP contribution in [0.2, 0.25) is 0 Å². The van der Waals surface area contributed by atoms with Crippen LogP contribution in [0.1, 0.15) is 42.4 Å². The molecule has 0 N–H and O–H groups in total. The molecule has 29 heavy (non-hydrogen) atoms. The summed E-state index contributed by atoms with van der Waals surface area (Å²) in [4.78, 5) is 22.8. The van der Waals surface area contributed by atoms with Crippen LogP contribution in [0.3, 0.4) is 0 Å². The van der Waals surface area contributed by atoms with Crippen molar-refractivity contribution in [3.05, 3.63) is 35.2 Å². The number of hydrogen-bond acceptors (Lipinski definition) is 6. The number of carbonyl (C=O) groups is 1. The number of carbonyl (C=O) groups excluding carboxylic acids is 1. The van der Waals surface area contributed by atoms with Crippen molar-refractivity contribution in [2.24, 2.45) is 13.0 Å². The first-order chi connectivity index (χ1) is 14.1. The van der Waals surface area contributed by atoms with Gasteiger partial charge in [-0.2, -0.15) is 0 Å². The topological polar surface area (TPSA) is 76.6 Å². The molecule has 1 spiro atoms. The summed E-state index contributed by atoms with van der Waals surface area (Å²) in [6.07, 6.45) is 7.11. The second kappa shape index (κ2) is 7.25. The number of amides is 1. The second-order valence-corrected chi connectivity index (χ2v) is 8.58. The van der Waals surface area contributed by atoms with E-state index in [1.165, 1.54) is 5.69 Å². The average Bonchev–Trinajstić information content (AvgIpc) is 3.50. The Morgan fingerprint density at radius 1 is 1.38 bits per heavy atom. The molecule has 2 aromatic heterocycles. The molecule has 5 heterocycles. The Balaban J connectivity index is 1.46. The van der Waals surface area contributed by atoms with Crippen LogP contribution in [0.15, 0.2) is 17.1 Å². The van der Waals surface area contributed by atoms with E-state index in [1.807, 2.05) is 6.33 Å². The summed E-state index contributed by atoms with van der Waals surface area (Å²) >= 11 is 0. The fourth-order valence-corrected chi connectivity index (χ4v) is 5.33. The molecule has 0 saturated carbocycles. The first kappa shape index (κ1) is 18.8. The van der Waals surface area contributed by atoms with E-state index < -0.39 is 0 Å². The van der Waals surface area contributed by atoms with Crippen LogP contribution in [-0.4, -0.2) is 63.3 Å². The Bertz CT molecular complexity index is 900. The van der Waals surface area contributed by atoms with E-state index in [0.717, 1.165) is 68.8 Å². The van der Waals surface area contributed by atoms with Crippen molar-refractivity contribution < 1.29 is 14.1 Å². The summed E-state index contributed by atoms with van der Waals surface area (Å²) < 4.78 is 12.8. The standard InChI is InChI=1S/C21H29N5O3/c1-3-17-16(12-29-23-17)10-25-8-6-21(13-25)19-18(24(2)14-22-19)4-7-26(21)20(27)15-5-9-28-11-15/h12,14-15H,3-11,13H2,1-2H3/t15-,21?/m1/s1. The zero-order valence-corrected chi connectivity index (χ0v) is 17.3. The molecule has 2 atom stereocenters. The smallest absolute Gasteiger partial charge is 0.228 e. The molecular formula is C21H29N5O3. The molecule has 156 valence electrons. The van der Waals surface area contributed by atoms with Crippen molar-refractivity contribution in [2.45, 2.75) is 44.7 Å². The van der Waals surface area contributed by atoms with Gasteiger partial charge in [0.15, 0.2) is 0 Å². The minimum atomic E-state index is -0.349. The van der Waals surface area contributed by atoms with E-state index in [9.17, 15) is 4.79 Å². The highest BCUT2D eigenvalue weighted by Gasteiger charge is 2.52. The quantitative estimate of drug-likeness (QED) is 0.775. The van der Waals surface area contributed by atoms with Gasteiger partial charge in [-0.05, 0) is 19.3 Å². The Kier molecular flexibility index (Phi) is 4.70. The predicted octanol–water partition coefficient (Wildman–Crippen LogP) is 1.49. The number of fused-ring (bicyclic) bond motifs is 2. The van der Waals surface area contributed by atoms with Gasteiger partial charge in [0.2, 0.25) is 5.91 Å². The van der Waals surface area contributed by atoms with Crippen LogP contribution >= 0.6 is 0 Å². The van der Waals surface area contributed by atoms with Gasteiger partial charge in [-0.1, -0.05) is 12.1 Å². The maximum absolute atomic E-state index is 13.5. The molecule has 2 saturated heterocycles. The van der Waals surface area contributed by atoms with Crippen LogP contribution in [0.5, 0.6) is 0 Å².